The van der Waals surface area contributed by atoms with Crippen molar-refractivity contribution < 1.29 is 9.53 Å². The Bertz CT molecular complexity index is 626. The highest BCUT2D eigenvalue weighted by molar-refractivity contribution is 14.0. The number of carbonyl (C=O) groups excluding carboxylic acids is 1. The molecule has 154 valence electrons. The first kappa shape index (κ1) is 23.5. The molecule has 0 bridgehead atoms. The van der Waals surface area contributed by atoms with Crippen LogP contribution in [0.3, 0.4) is 0 Å². The molecule has 27 heavy (non-hydrogen) atoms. The number of guanidine groups is 1. The third-order valence-corrected chi connectivity index (χ3v) is 4.03. The lowest BCUT2D eigenvalue weighted by molar-refractivity contribution is 0.0193. The van der Waals surface area contributed by atoms with E-state index in [9.17, 15) is 4.79 Å². The van der Waals surface area contributed by atoms with Gasteiger partial charge in [-0.2, -0.15) is 5.10 Å². The van der Waals surface area contributed by atoms with Gasteiger partial charge in [0.05, 0.1) is 12.7 Å². The van der Waals surface area contributed by atoms with E-state index in [1.807, 2.05) is 44.8 Å². The van der Waals surface area contributed by atoms with E-state index >= 15 is 0 Å². The van der Waals surface area contributed by atoms with Gasteiger partial charge < -0.3 is 20.3 Å². The molecule has 0 radical (unpaired) electrons. The number of hydrogen-bond donors (Lipinski definition) is 2. The number of halogens is 1. The molecule has 0 saturated carbocycles. The zero-order valence-electron chi connectivity index (χ0n) is 17.0. The van der Waals surface area contributed by atoms with Crippen molar-refractivity contribution in [3.05, 3.63) is 18.0 Å². The Balaban J connectivity index is 0.00000364. The van der Waals surface area contributed by atoms with E-state index in [0.717, 1.165) is 44.0 Å². The molecule has 9 heteroatoms. The van der Waals surface area contributed by atoms with Crippen LogP contribution in [0.15, 0.2) is 17.4 Å². The molecule has 1 aromatic rings. The fourth-order valence-corrected chi connectivity index (χ4v) is 2.85. The molecule has 2 N–H and O–H groups in total. The van der Waals surface area contributed by atoms with Crippen LogP contribution in [-0.2, 0) is 11.3 Å². The second-order valence-corrected chi connectivity index (χ2v) is 7.69. The fourth-order valence-electron chi connectivity index (χ4n) is 2.85. The molecule has 0 spiro atoms. The number of nitrogens with one attached hydrogen (secondary N) is 2. The molecule has 1 aliphatic rings. The van der Waals surface area contributed by atoms with E-state index in [1.165, 1.54) is 0 Å². The number of aliphatic imine (C=N–C) groups is 1. The van der Waals surface area contributed by atoms with Crippen LogP contribution >= 0.6 is 24.0 Å². The molecule has 1 aliphatic heterocycles. The van der Waals surface area contributed by atoms with E-state index in [1.54, 1.807) is 11.9 Å². The maximum atomic E-state index is 12.3. The highest BCUT2D eigenvalue weighted by Crippen LogP contribution is 2.15. The summed E-state index contributed by atoms with van der Waals surface area (Å²) in [6.07, 6.45) is 5.55. The molecule has 1 atom stereocenters. The first-order valence-corrected chi connectivity index (χ1v) is 9.21. The number of carbonyl (C=O) groups is 1. The molecule has 8 nitrogen and oxygen atoms in total. The van der Waals surface area contributed by atoms with E-state index in [4.69, 9.17) is 4.74 Å². The van der Waals surface area contributed by atoms with Crippen LogP contribution in [0.1, 0.15) is 39.2 Å². The SMILES string of the molecule is CN=C(NCCn1cc(C)cn1)NC1CCCN(C(=O)OC(C)(C)C)C1.I. The number of nitrogens with zero attached hydrogens (tertiary/aromatic N) is 4. The van der Waals surface area contributed by atoms with Gasteiger partial charge in [-0.25, -0.2) is 4.79 Å². The van der Waals surface area contributed by atoms with Crippen LogP contribution in [0, 0.1) is 6.92 Å². The van der Waals surface area contributed by atoms with Gasteiger partial charge in [-0.15, -0.1) is 24.0 Å². The number of amides is 1. The summed E-state index contributed by atoms with van der Waals surface area (Å²) in [5, 5.41) is 11.0. The van der Waals surface area contributed by atoms with Gasteiger partial charge >= 0.3 is 6.09 Å². The summed E-state index contributed by atoms with van der Waals surface area (Å²) in [6, 6.07) is 0.161. The average molecular weight is 492 g/mol. The van der Waals surface area contributed by atoms with Crippen LogP contribution in [0.25, 0.3) is 0 Å². The number of ether oxygens (including phenoxy) is 1. The van der Waals surface area contributed by atoms with Gasteiger partial charge in [-0.05, 0) is 46.1 Å². The Hall–Kier alpha value is -1.52. The summed E-state index contributed by atoms with van der Waals surface area (Å²) >= 11 is 0. The fraction of sp³-hybridized carbons (Fsp3) is 0.722. The Morgan fingerprint density at radius 3 is 2.78 bits per heavy atom. The summed E-state index contributed by atoms with van der Waals surface area (Å²) < 4.78 is 7.38. The first-order valence-electron chi connectivity index (χ1n) is 9.21. The average Bonchev–Trinajstić information content (AvgIpc) is 2.98. The van der Waals surface area contributed by atoms with E-state index in [-0.39, 0.29) is 36.1 Å². The maximum Gasteiger partial charge on any atom is 0.410 e. The highest BCUT2D eigenvalue weighted by Gasteiger charge is 2.27. The zero-order valence-corrected chi connectivity index (χ0v) is 19.3. The third-order valence-electron chi connectivity index (χ3n) is 4.03. The van der Waals surface area contributed by atoms with Crippen molar-refractivity contribution in [2.24, 2.45) is 4.99 Å². The van der Waals surface area contributed by atoms with Gasteiger partial charge in [0, 0.05) is 38.9 Å². The number of likely N-dealkylation sites (tertiary alicyclic amines) is 1. The number of rotatable bonds is 4. The minimum absolute atomic E-state index is 0. The van der Waals surface area contributed by atoms with Crippen LogP contribution < -0.4 is 10.6 Å². The van der Waals surface area contributed by atoms with Gasteiger partial charge in [0.15, 0.2) is 5.96 Å². The summed E-state index contributed by atoms with van der Waals surface area (Å²) in [5.41, 5.74) is 0.678. The molecule has 1 fully saturated rings. The molecule has 1 amide bonds. The van der Waals surface area contributed by atoms with Crippen molar-refractivity contribution in [1.82, 2.24) is 25.3 Å². The van der Waals surface area contributed by atoms with Crippen LogP contribution in [-0.4, -0.2) is 65.1 Å². The normalized spacial score (nSPS) is 17.9. The topological polar surface area (TPSA) is 83.8 Å². The van der Waals surface area contributed by atoms with E-state index in [2.05, 4.69) is 20.7 Å². The van der Waals surface area contributed by atoms with Gasteiger partial charge in [-0.3, -0.25) is 9.67 Å². The maximum absolute atomic E-state index is 12.3. The van der Waals surface area contributed by atoms with Crippen molar-refractivity contribution in [2.75, 3.05) is 26.7 Å². The first-order chi connectivity index (χ1) is 12.3. The zero-order chi connectivity index (χ0) is 19.2. The van der Waals surface area contributed by atoms with Crippen molar-refractivity contribution >= 4 is 36.0 Å². The van der Waals surface area contributed by atoms with Crippen LogP contribution in [0.5, 0.6) is 0 Å². The lowest BCUT2D eigenvalue weighted by atomic mass is 10.1. The number of aryl methyl sites for hydroxylation is 1. The van der Waals surface area contributed by atoms with E-state index in [0.29, 0.717) is 6.54 Å². The lowest BCUT2D eigenvalue weighted by Crippen LogP contribution is -2.53. The Morgan fingerprint density at radius 2 is 2.19 bits per heavy atom. The van der Waals surface area contributed by atoms with Gasteiger partial charge in [0.25, 0.3) is 0 Å². The number of aromatic nitrogens is 2. The van der Waals surface area contributed by atoms with Crippen LogP contribution in [0.4, 0.5) is 4.79 Å². The summed E-state index contributed by atoms with van der Waals surface area (Å²) in [4.78, 5) is 18.3. The summed E-state index contributed by atoms with van der Waals surface area (Å²) in [7, 11) is 1.75. The number of hydrogen-bond acceptors (Lipinski definition) is 4. The van der Waals surface area contributed by atoms with Crippen molar-refractivity contribution in [2.45, 2.75) is 58.7 Å². The third kappa shape index (κ3) is 8.35. The van der Waals surface area contributed by atoms with Gasteiger partial charge in [0.1, 0.15) is 5.60 Å². The predicted octanol–water partition coefficient (Wildman–Crippen LogP) is 2.37. The minimum atomic E-state index is -0.472. The Labute approximate surface area is 179 Å². The van der Waals surface area contributed by atoms with Gasteiger partial charge in [-0.1, -0.05) is 0 Å². The second-order valence-electron chi connectivity index (χ2n) is 7.69. The molecule has 1 saturated heterocycles. The molecule has 0 aliphatic carbocycles. The monoisotopic (exact) mass is 492 g/mol. The second kappa shape index (κ2) is 10.7. The Kier molecular flexibility index (Phi) is 9.34. The largest absolute Gasteiger partial charge is 0.444 e. The molecular weight excluding hydrogens is 459 g/mol. The summed E-state index contributed by atoms with van der Waals surface area (Å²) in [6.45, 7) is 10.5. The minimum Gasteiger partial charge on any atom is -0.444 e. The predicted molar refractivity (Wildman–Crippen MR) is 118 cm³/mol. The summed E-state index contributed by atoms with van der Waals surface area (Å²) in [5.74, 6) is 0.741. The molecule has 2 heterocycles. The van der Waals surface area contributed by atoms with E-state index < -0.39 is 5.60 Å². The molecule has 2 rings (SSSR count). The quantitative estimate of drug-likeness (QED) is 0.383. The molecule has 1 unspecified atom stereocenters. The number of piperidine rings is 1. The van der Waals surface area contributed by atoms with Crippen molar-refractivity contribution in [1.29, 1.82) is 0 Å². The highest BCUT2D eigenvalue weighted by atomic mass is 127. The lowest BCUT2D eigenvalue weighted by Gasteiger charge is -2.35. The van der Waals surface area contributed by atoms with Crippen LogP contribution in [0.2, 0.25) is 0 Å². The Morgan fingerprint density at radius 1 is 1.44 bits per heavy atom. The van der Waals surface area contributed by atoms with Crippen molar-refractivity contribution in [3.8, 4) is 0 Å². The standard InChI is InChI=1S/C18H32N6O2.HI/c1-14-11-21-24(12-14)10-8-20-16(19-5)22-15-7-6-9-23(13-15)17(25)26-18(2,3)4;/h11-12,15H,6-10,13H2,1-5H3,(H2,19,20,22);1H. The molecule has 0 aromatic carbocycles. The smallest absolute Gasteiger partial charge is 0.410 e. The van der Waals surface area contributed by atoms with Crippen molar-refractivity contribution in [3.63, 3.8) is 0 Å². The van der Waals surface area contributed by atoms with Gasteiger partial charge in [0.2, 0.25) is 0 Å². The molecular formula is C18H33IN6O2. The molecule has 1 aromatic heterocycles.